The molecule has 0 bridgehead atoms. The Hall–Kier alpha value is -3.56. The Morgan fingerprint density at radius 3 is 1.81 bits per heavy atom. The van der Waals surface area contributed by atoms with Gasteiger partial charge in [0, 0.05) is 25.1 Å². The molecular weight excluding hydrogens is 538 g/mol. The summed E-state index contributed by atoms with van der Waals surface area (Å²) in [6.45, 7) is 19.5. The number of nitrogens with zero attached hydrogens (tertiary/aromatic N) is 2. The van der Waals surface area contributed by atoms with Gasteiger partial charge in [-0.05, 0) is 56.7 Å². The number of hydrogen-bond donors (Lipinski definition) is 3. The topological polar surface area (TPSA) is 136 Å². The second-order valence-corrected chi connectivity index (χ2v) is 13.9. The maximum Gasteiger partial charge on any atom is 0.410 e. The zero-order chi connectivity index (χ0) is 33.0. The van der Waals surface area contributed by atoms with Gasteiger partial charge in [-0.15, -0.1) is 0 Å². The molecule has 42 heavy (non-hydrogen) atoms. The highest BCUT2D eigenvalue weighted by atomic mass is 16.6. The van der Waals surface area contributed by atoms with Crippen LogP contribution in [-0.2, 0) is 24.5 Å². The Labute approximate surface area is 251 Å². The quantitative estimate of drug-likeness (QED) is 0.329. The summed E-state index contributed by atoms with van der Waals surface area (Å²) in [5.41, 5.74) is -1.75. The minimum absolute atomic E-state index is 0.0596. The van der Waals surface area contributed by atoms with Crippen molar-refractivity contribution in [3.63, 3.8) is 0 Å². The third-order valence-electron chi connectivity index (χ3n) is 7.25. The summed E-state index contributed by atoms with van der Waals surface area (Å²) in [7, 11) is 3.07. The number of phenolic OH excluding ortho intramolecular Hbond substituents is 1. The third kappa shape index (κ3) is 9.49. The second-order valence-electron chi connectivity index (χ2n) is 13.9. The van der Waals surface area contributed by atoms with Gasteiger partial charge >= 0.3 is 12.1 Å². The Morgan fingerprint density at radius 1 is 0.905 bits per heavy atom. The summed E-state index contributed by atoms with van der Waals surface area (Å²) in [6, 6.07) is 3.72. The Bertz CT molecular complexity index is 1160. The van der Waals surface area contributed by atoms with E-state index in [1.54, 1.807) is 59.9 Å². The van der Waals surface area contributed by atoms with E-state index < -0.39 is 58.4 Å². The Kier molecular flexibility index (Phi) is 11.8. The molecule has 236 valence electrons. The van der Waals surface area contributed by atoms with Crippen molar-refractivity contribution in [2.24, 2.45) is 11.3 Å². The van der Waals surface area contributed by atoms with Crippen molar-refractivity contribution in [3.8, 4) is 5.75 Å². The summed E-state index contributed by atoms with van der Waals surface area (Å²) in [5, 5.41) is 22.2. The van der Waals surface area contributed by atoms with Crippen molar-refractivity contribution >= 4 is 23.9 Å². The summed E-state index contributed by atoms with van der Waals surface area (Å²) in [6.07, 6.45) is 0.832. The van der Waals surface area contributed by atoms with Gasteiger partial charge in [-0.2, -0.15) is 0 Å². The number of amides is 3. The van der Waals surface area contributed by atoms with Crippen molar-refractivity contribution < 1.29 is 34.1 Å². The number of phenols is 1. The number of likely N-dealkylation sites (N-methyl/N-ethyl adjacent to an activating group) is 2. The molecule has 3 unspecified atom stereocenters. The van der Waals surface area contributed by atoms with Crippen molar-refractivity contribution in [1.82, 2.24) is 15.1 Å². The van der Waals surface area contributed by atoms with E-state index in [4.69, 9.17) is 4.74 Å². The lowest BCUT2D eigenvalue weighted by Crippen LogP contribution is -2.63. The van der Waals surface area contributed by atoms with E-state index in [1.165, 1.54) is 35.9 Å². The average molecular weight is 590 g/mol. The van der Waals surface area contributed by atoms with E-state index in [9.17, 15) is 29.4 Å². The molecule has 0 radical (unpaired) electrons. The van der Waals surface area contributed by atoms with Gasteiger partial charge < -0.3 is 25.2 Å². The van der Waals surface area contributed by atoms with E-state index >= 15 is 0 Å². The highest BCUT2D eigenvalue weighted by Gasteiger charge is 2.46. The monoisotopic (exact) mass is 589 g/mol. The number of hydrogen-bond acceptors (Lipinski definition) is 6. The van der Waals surface area contributed by atoms with Crippen LogP contribution in [0.1, 0.15) is 81.7 Å². The summed E-state index contributed by atoms with van der Waals surface area (Å²) in [4.78, 5) is 55.7. The van der Waals surface area contributed by atoms with Crippen LogP contribution >= 0.6 is 0 Å². The highest BCUT2D eigenvalue weighted by Crippen LogP contribution is 2.33. The van der Waals surface area contributed by atoms with E-state index in [0.717, 1.165) is 0 Å². The molecule has 1 aromatic rings. The summed E-state index contributed by atoms with van der Waals surface area (Å²) >= 11 is 0. The first-order valence-electron chi connectivity index (χ1n) is 14.2. The van der Waals surface area contributed by atoms with Gasteiger partial charge in [0.15, 0.2) is 0 Å². The standard InChI is InChI=1S/C32H51N3O7/c1-19(2)23(18-20(3)28(39)40)34(12)27(38)24(30(4,5)6)33-26(37)25(35(13)29(41)42-31(7,8)9)32(10,11)21-14-16-22(36)17-15-21/h14-19,23-25,36H,1-13H3,(H,33,37)(H,39,40)/b20-18+. The molecule has 10 nitrogen and oxygen atoms in total. The van der Waals surface area contributed by atoms with E-state index in [1.807, 2.05) is 34.6 Å². The number of carboxylic acids is 1. The molecule has 0 saturated heterocycles. The number of carbonyl (C=O) groups is 4. The minimum atomic E-state index is -1.12. The maximum atomic E-state index is 14.2. The maximum absolute atomic E-state index is 14.2. The molecule has 3 atom stereocenters. The first kappa shape index (κ1) is 36.5. The Morgan fingerprint density at radius 2 is 1.40 bits per heavy atom. The average Bonchev–Trinajstić information content (AvgIpc) is 2.82. The van der Waals surface area contributed by atoms with E-state index in [-0.39, 0.29) is 17.2 Å². The number of aromatic hydroxyl groups is 1. The normalized spacial score (nSPS) is 15.0. The van der Waals surface area contributed by atoms with Crippen LogP contribution in [0.5, 0.6) is 5.75 Å². The SMILES string of the molecule is C/C(=C\C(C(C)C)N(C)C(=O)C(NC(=O)C(N(C)C(=O)OC(C)(C)C)C(C)(C)c1ccc(O)cc1)C(C)(C)C)C(=O)O. The number of rotatable bonds is 10. The van der Waals surface area contributed by atoms with Gasteiger partial charge in [-0.1, -0.05) is 66.7 Å². The van der Waals surface area contributed by atoms with Crippen molar-refractivity contribution in [1.29, 1.82) is 0 Å². The molecule has 3 N–H and O–H groups in total. The summed E-state index contributed by atoms with van der Waals surface area (Å²) < 4.78 is 5.59. The predicted molar refractivity (Wildman–Crippen MR) is 163 cm³/mol. The van der Waals surface area contributed by atoms with Crippen LogP contribution in [0.25, 0.3) is 0 Å². The van der Waals surface area contributed by atoms with Crippen LogP contribution in [0.4, 0.5) is 4.79 Å². The van der Waals surface area contributed by atoms with E-state index in [0.29, 0.717) is 5.56 Å². The fourth-order valence-corrected chi connectivity index (χ4v) is 4.78. The lowest BCUT2D eigenvalue weighted by Gasteiger charge is -2.42. The van der Waals surface area contributed by atoms with Crippen LogP contribution < -0.4 is 5.32 Å². The van der Waals surface area contributed by atoms with Gasteiger partial charge in [0.05, 0.1) is 6.04 Å². The molecule has 10 heteroatoms. The molecule has 0 aliphatic carbocycles. The van der Waals surface area contributed by atoms with Gasteiger partial charge in [0.25, 0.3) is 0 Å². The zero-order valence-corrected chi connectivity index (χ0v) is 27.5. The number of carbonyl (C=O) groups excluding carboxylic acids is 3. The first-order chi connectivity index (χ1) is 18.9. The molecule has 0 fully saturated rings. The van der Waals surface area contributed by atoms with Crippen LogP contribution in [0.2, 0.25) is 0 Å². The van der Waals surface area contributed by atoms with Crippen LogP contribution in [0.3, 0.4) is 0 Å². The van der Waals surface area contributed by atoms with E-state index in [2.05, 4.69) is 5.32 Å². The molecule has 1 aromatic carbocycles. The summed E-state index contributed by atoms with van der Waals surface area (Å²) in [5.74, 6) is -2.09. The predicted octanol–water partition coefficient (Wildman–Crippen LogP) is 4.95. The lowest BCUT2D eigenvalue weighted by molar-refractivity contribution is -0.142. The number of aliphatic carboxylic acids is 1. The van der Waals surface area contributed by atoms with Crippen molar-refractivity contribution in [3.05, 3.63) is 41.5 Å². The molecule has 0 spiro atoms. The van der Waals surface area contributed by atoms with Gasteiger partial charge in [0.2, 0.25) is 11.8 Å². The smallest absolute Gasteiger partial charge is 0.410 e. The fourth-order valence-electron chi connectivity index (χ4n) is 4.78. The minimum Gasteiger partial charge on any atom is -0.508 e. The van der Waals surface area contributed by atoms with Crippen molar-refractivity contribution in [2.45, 2.75) is 105 Å². The fraction of sp³-hybridized carbons (Fsp3) is 0.625. The molecule has 0 saturated carbocycles. The number of nitrogens with one attached hydrogen (secondary N) is 1. The lowest BCUT2D eigenvalue weighted by atomic mass is 9.76. The third-order valence-corrected chi connectivity index (χ3v) is 7.25. The van der Waals surface area contributed by atoms with Gasteiger partial charge in [-0.3, -0.25) is 14.5 Å². The molecule has 0 aromatic heterocycles. The van der Waals surface area contributed by atoms with Crippen LogP contribution in [-0.4, -0.2) is 81.7 Å². The second kappa shape index (κ2) is 13.6. The number of ether oxygens (including phenoxy) is 1. The molecule has 0 aliphatic rings. The first-order valence-corrected chi connectivity index (χ1v) is 14.2. The molecule has 1 rings (SSSR count). The molecule has 0 aliphatic heterocycles. The largest absolute Gasteiger partial charge is 0.508 e. The van der Waals surface area contributed by atoms with Gasteiger partial charge in [0.1, 0.15) is 23.4 Å². The molecule has 3 amide bonds. The Balaban J connectivity index is 3.63. The molecule has 0 heterocycles. The van der Waals surface area contributed by atoms with Crippen molar-refractivity contribution in [2.75, 3.05) is 14.1 Å². The van der Waals surface area contributed by atoms with Crippen LogP contribution in [0.15, 0.2) is 35.9 Å². The van der Waals surface area contributed by atoms with Gasteiger partial charge in [-0.25, -0.2) is 9.59 Å². The highest BCUT2D eigenvalue weighted by molar-refractivity contribution is 5.93. The van der Waals surface area contributed by atoms with Crippen LogP contribution in [0, 0.1) is 11.3 Å². The number of benzene rings is 1. The zero-order valence-electron chi connectivity index (χ0n) is 27.5. The molecular formula is C32H51N3O7. The number of carboxylic acid groups (broad SMARTS) is 1.